The molecular weight excluding hydrogens is 292 g/mol. The molecule has 0 unspecified atom stereocenters. The number of nitrogens with one attached hydrogen (secondary N) is 1. The Morgan fingerprint density at radius 2 is 2.05 bits per heavy atom. The molecular formula is C18H20N2OS. The third-order valence-electron chi connectivity index (χ3n) is 5.15. The summed E-state index contributed by atoms with van der Waals surface area (Å²) in [5.74, 6) is 1.79. The normalized spacial score (nSPS) is 26.3. The Morgan fingerprint density at radius 3 is 2.73 bits per heavy atom. The molecule has 2 fully saturated rings. The molecule has 4 heteroatoms. The van der Waals surface area contributed by atoms with Crippen LogP contribution in [0.4, 0.5) is 5.13 Å². The third kappa shape index (κ3) is 2.45. The second kappa shape index (κ2) is 5.51. The van der Waals surface area contributed by atoms with E-state index in [0.29, 0.717) is 5.92 Å². The van der Waals surface area contributed by atoms with E-state index in [9.17, 15) is 4.79 Å². The van der Waals surface area contributed by atoms with Crippen LogP contribution in [0.3, 0.4) is 0 Å². The second-order valence-corrected chi connectivity index (χ2v) is 7.76. The zero-order valence-corrected chi connectivity index (χ0v) is 13.5. The van der Waals surface area contributed by atoms with Crippen molar-refractivity contribution in [2.45, 2.75) is 32.6 Å². The number of aryl methyl sites for hydroxylation is 1. The van der Waals surface area contributed by atoms with E-state index in [1.807, 2.05) is 18.2 Å². The van der Waals surface area contributed by atoms with Gasteiger partial charge in [-0.2, -0.15) is 0 Å². The molecule has 0 aliphatic heterocycles. The van der Waals surface area contributed by atoms with Gasteiger partial charge in [0.15, 0.2) is 5.13 Å². The molecule has 2 aliphatic carbocycles. The fourth-order valence-electron chi connectivity index (χ4n) is 4.08. The van der Waals surface area contributed by atoms with Crippen LogP contribution in [0.2, 0.25) is 0 Å². The minimum atomic E-state index is 0.181. The third-order valence-corrected chi connectivity index (χ3v) is 6.04. The van der Waals surface area contributed by atoms with Gasteiger partial charge >= 0.3 is 0 Å². The summed E-state index contributed by atoms with van der Waals surface area (Å²) in [5, 5.41) is 3.81. The van der Waals surface area contributed by atoms with Crippen molar-refractivity contribution in [3.05, 3.63) is 35.2 Å². The van der Waals surface area contributed by atoms with Crippen molar-refractivity contribution in [1.82, 2.24) is 4.98 Å². The van der Waals surface area contributed by atoms with Crippen LogP contribution < -0.4 is 5.32 Å². The molecule has 2 bridgehead atoms. The Balaban J connectivity index is 1.51. The predicted molar refractivity (Wildman–Crippen MR) is 89.9 cm³/mol. The molecule has 0 saturated heterocycles. The number of hydrogen-bond donors (Lipinski definition) is 1. The smallest absolute Gasteiger partial charge is 0.229 e. The Bertz CT molecular complexity index is 694. The Morgan fingerprint density at radius 1 is 1.23 bits per heavy atom. The molecule has 3 nitrogen and oxygen atoms in total. The number of carbonyl (C=O) groups is 1. The van der Waals surface area contributed by atoms with Crippen LogP contribution in [-0.4, -0.2) is 10.9 Å². The zero-order chi connectivity index (χ0) is 15.1. The maximum Gasteiger partial charge on any atom is 0.229 e. The molecule has 0 radical (unpaired) electrons. The molecule has 1 amide bonds. The summed E-state index contributed by atoms with van der Waals surface area (Å²) in [6.07, 6.45) is 4.88. The van der Waals surface area contributed by atoms with Gasteiger partial charge in [0.1, 0.15) is 0 Å². The van der Waals surface area contributed by atoms with Crippen molar-refractivity contribution in [2.75, 3.05) is 5.32 Å². The summed E-state index contributed by atoms with van der Waals surface area (Å²) in [6, 6.07) is 10.2. The van der Waals surface area contributed by atoms with Gasteiger partial charge in [0, 0.05) is 16.4 Å². The van der Waals surface area contributed by atoms with Crippen molar-refractivity contribution in [1.29, 1.82) is 0 Å². The summed E-state index contributed by atoms with van der Waals surface area (Å²) in [5.41, 5.74) is 2.09. The molecule has 22 heavy (non-hydrogen) atoms. The van der Waals surface area contributed by atoms with Crippen LogP contribution in [0, 0.1) is 24.7 Å². The standard InChI is InChI=1S/C18H20N2OS/c1-11-16(13-5-3-2-4-6-13)19-18(22-11)20-17(21)15-10-12-7-8-14(15)9-12/h2-6,12,14-15H,7-10H2,1H3,(H,19,20,21)/t12-,14-,15+/m0/s1. The van der Waals surface area contributed by atoms with Gasteiger partial charge < -0.3 is 5.32 Å². The second-order valence-electron chi connectivity index (χ2n) is 6.56. The van der Waals surface area contributed by atoms with Crippen molar-refractivity contribution in [2.24, 2.45) is 17.8 Å². The largest absolute Gasteiger partial charge is 0.302 e. The van der Waals surface area contributed by atoms with E-state index >= 15 is 0 Å². The average molecular weight is 312 g/mol. The van der Waals surface area contributed by atoms with Crippen molar-refractivity contribution in [3.8, 4) is 11.3 Å². The van der Waals surface area contributed by atoms with Crippen molar-refractivity contribution >= 4 is 22.4 Å². The summed E-state index contributed by atoms with van der Waals surface area (Å²) >= 11 is 1.57. The lowest BCUT2D eigenvalue weighted by atomic mass is 9.88. The topological polar surface area (TPSA) is 42.0 Å². The van der Waals surface area contributed by atoms with Gasteiger partial charge in [-0.25, -0.2) is 4.98 Å². The SMILES string of the molecule is Cc1sc(NC(=O)[C@@H]2C[C@H]3CC[C@H]2C3)nc1-c1ccccc1. The average Bonchev–Trinajstić information content (AvgIpc) is 3.23. The van der Waals surface area contributed by atoms with E-state index in [4.69, 9.17) is 0 Å². The maximum atomic E-state index is 12.5. The Hall–Kier alpha value is -1.68. The molecule has 0 spiro atoms. The maximum absolute atomic E-state index is 12.5. The van der Waals surface area contributed by atoms with Gasteiger partial charge in [-0.1, -0.05) is 36.8 Å². The van der Waals surface area contributed by atoms with Crippen LogP contribution in [0.5, 0.6) is 0 Å². The molecule has 3 atom stereocenters. The van der Waals surface area contributed by atoms with Crippen LogP contribution in [0.1, 0.15) is 30.6 Å². The monoisotopic (exact) mass is 312 g/mol. The molecule has 1 N–H and O–H groups in total. The lowest BCUT2D eigenvalue weighted by Crippen LogP contribution is -2.27. The molecule has 2 saturated carbocycles. The summed E-state index contributed by atoms with van der Waals surface area (Å²) in [4.78, 5) is 18.3. The van der Waals surface area contributed by atoms with Gasteiger partial charge in [0.05, 0.1) is 5.69 Å². The molecule has 1 aromatic heterocycles. The highest BCUT2D eigenvalue weighted by Crippen LogP contribution is 2.48. The quantitative estimate of drug-likeness (QED) is 0.907. The van der Waals surface area contributed by atoms with E-state index < -0.39 is 0 Å². The molecule has 1 heterocycles. The Labute approximate surface area is 134 Å². The van der Waals surface area contributed by atoms with Crippen LogP contribution >= 0.6 is 11.3 Å². The van der Waals surface area contributed by atoms with E-state index in [2.05, 4.69) is 29.4 Å². The summed E-state index contributed by atoms with van der Waals surface area (Å²) < 4.78 is 0. The number of nitrogens with zero attached hydrogens (tertiary/aromatic N) is 1. The van der Waals surface area contributed by atoms with E-state index in [1.54, 1.807) is 11.3 Å². The number of carbonyl (C=O) groups excluding carboxylic acids is 1. The highest BCUT2D eigenvalue weighted by atomic mass is 32.1. The van der Waals surface area contributed by atoms with Crippen molar-refractivity contribution < 1.29 is 4.79 Å². The lowest BCUT2D eigenvalue weighted by molar-refractivity contribution is -0.121. The first-order valence-corrected chi connectivity index (χ1v) is 8.86. The first-order chi connectivity index (χ1) is 10.7. The predicted octanol–water partition coefficient (Wildman–Crippen LogP) is 4.49. The Kier molecular flexibility index (Phi) is 3.49. The van der Waals surface area contributed by atoms with E-state index in [1.165, 1.54) is 19.3 Å². The fourth-order valence-corrected chi connectivity index (χ4v) is 4.92. The number of aromatic nitrogens is 1. The number of amides is 1. The minimum absolute atomic E-state index is 0.181. The van der Waals surface area contributed by atoms with E-state index in [0.717, 1.165) is 33.6 Å². The molecule has 4 rings (SSSR count). The van der Waals surface area contributed by atoms with Crippen LogP contribution in [-0.2, 0) is 4.79 Å². The van der Waals surface area contributed by atoms with Gasteiger partial charge in [-0.15, -0.1) is 11.3 Å². The fraction of sp³-hybridized carbons (Fsp3) is 0.444. The highest BCUT2D eigenvalue weighted by molar-refractivity contribution is 7.16. The molecule has 1 aromatic carbocycles. The number of benzene rings is 1. The first kappa shape index (κ1) is 13.9. The lowest BCUT2D eigenvalue weighted by Gasteiger charge is -2.19. The van der Waals surface area contributed by atoms with Gasteiger partial charge in [-0.3, -0.25) is 4.79 Å². The number of thiazole rings is 1. The number of rotatable bonds is 3. The molecule has 2 aliphatic rings. The number of fused-ring (bicyclic) bond motifs is 2. The molecule has 114 valence electrons. The summed E-state index contributed by atoms with van der Waals surface area (Å²) in [7, 11) is 0. The van der Waals surface area contributed by atoms with Gasteiger partial charge in [-0.05, 0) is 38.0 Å². The van der Waals surface area contributed by atoms with Crippen molar-refractivity contribution in [3.63, 3.8) is 0 Å². The zero-order valence-electron chi connectivity index (χ0n) is 12.7. The number of hydrogen-bond acceptors (Lipinski definition) is 3. The molecule has 2 aromatic rings. The first-order valence-electron chi connectivity index (χ1n) is 8.04. The van der Waals surface area contributed by atoms with Gasteiger partial charge in [0.25, 0.3) is 0 Å². The summed E-state index contributed by atoms with van der Waals surface area (Å²) in [6.45, 7) is 2.06. The van der Waals surface area contributed by atoms with Crippen LogP contribution in [0.15, 0.2) is 30.3 Å². The number of anilines is 1. The highest BCUT2D eigenvalue weighted by Gasteiger charge is 2.43. The van der Waals surface area contributed by atoms with Crippen LogP contribution in [0.25, 0.3) is 11.3 Å². The minimum Gasteiger partial charge on any atom is -0.302 e. The van der Waals surface area contributed by atoms with E-state index in [-0.39, 0.29) is 11.8 Å². The van der Waals surface area contributed by atoms with Gasteiger partial charge in [0.2, 0.25) is 5.91 Å².